The molecule has 1 N–H and O–H groups in total. The number of halogens is 1. The number of benzene rings is 1. The summed E-state index contributed by atoms with van der Waals surface area (Å²) in [5.41, 5.74) is 1.76. The van der Waals surface area contributed by atoms with Crippen LogP contribution in [0.5, 0.6) is 0 Å². The smallest absolute Gasteiger partial charge is 0.208 e. The SMILES string of the molecule is N#Cc1c[nH]c2scc(-c3ccc(Br)cc3)c2c1=O. The van der Waals surface area contributed by atoms with Crippen LogP contribution >= 0.6 is 27.3 Å². The van der Waals surface area contributed by atoms with Gasteiger partial charge in [-0.2, -0.15) is 5.26 Å². The van der Waals surface area contributed by atoms with E-state index in [4.69, 9.17) is 5.26 Å². The molecule has 1 aromatic carbocycles. The van der Waals surface area contributed by atoms with Gasteiger partial charge >= 0.3 is 0 Å². The topological polar surface area (TPSA) is 56.6 Å². The van der Waals surface area contributed by atoms with Crippen molar-refractivity contribution in [2.24, 2.45) is 0 Å². The van der Waals surface area contributed by atoms with Gasteiger partial charge in [-0.1, -0.05) is 28.1 Å². The minimum atomic E-state index is -0.213. The summed E-state index contributed by atoms with van der Waals surface area (Å²) < 4.78 is 0.988. The first kappa shape index (κ1) is 12.2. The van der Waals surface area contributed by atoms with Crippen molar-refractivity contribution in [3.63, 3.8) is 0 Å². The Labute approximate surface area is 121 Å². The fourth-order valence-corrected chi connectivity index (χ4v) is 3.15. The first-order valence-corrected chi connectivity index (χ1v) is 7.17. The quantitative estimate of drug-likeness (QED) is 0.735. The predicted molar refractivity (Wildman–Crippen MR) is 80.3 cm³/mol. The minimum Gasteiger partial charge on any atom is -0.351 e. The molecular formula is C14H7BrN2OS. The van der Waals surface area contributed by atoms with E-state index < -0.39 is 0 Å². The van der Waals surface area contributed by atoms with Crippen molar-refractivity contribution in [2.75, 3.05) is 0 Å². The first-order chi connectivity index (χ1) is 9.20. The minimum absolute atomic E-state index is 0.143. The van der Waals surface area contributed by atoms with Gasteiger partial charge in [-0.05, 0) is 17.7 Å². The second-order valence-electron chi connectivity index (χ2n) is 4.00. The highest BCUT2D eigenvalue weighted by atomic mass is 79.9. The lowest BCUT2D eigenvalue weighted by Crippen LogP contribution is -2.06. The van der Waals surface area contributed by atoms with E-state index >= 15 is 0 Å². The number of thiophene rings is 1. The Kier molecular flexibility index (Phi) is 2.97. The molecule has 3 rings (SSSR count). The number of hydrogen-bond donors (Lipinski definition) is 1. The number of nitrogens with one attached hydrogen (secondary N) is 1. The molecule has 5 heteroatoms. The maximum absolute atomic E-state index is 12.2. The Hall–Kier alpha value is -1.90. The number of aromatic nitrogens is 1. The number of rotatable bonds is 1. The second kappa shape index (κ2) is 4.65. The summed E-state index contributed by atoms with van der Waals surface area (Å²) in [6.07, 6.45) is 1.46. The highest BCUT2D eigenvalue weighted by molar-refractivity contribution is 9.10. The van der Waals surface area contributed by atoms with Crippen molar-refractivity contribution >= 4 is 37.5 Å². The highest BCUT2D eigenvalue weighted by Crippen LogP contribution is 2.31. The van der Waals surface area contributed by atoms with Crippen LogP contribution in [0.2, 0.25) is 0 Å². The molecule has 2 heterocycles. The van der Waals surface area contributed by atoms with Crippen LogP contribution in [0.1, 0.15) is 5.56 Å². The van der Waals surface area contributed by atoms with Gasteiger partial charge in [0.15, 0.2) is 0 Å². The number of pyridine rings is 1. The third-order valence-corrected chi connectivity index (χ3v) is 4.33. The number of fused-ring (bicyclic) bond motifs is 1. The third kappa shape index (κ3) is 1.99. The molecule has 0 fully saturated rings. The largest absolute Gasteiger partial charge is 0.351 e. The van der Waals surface area contributed by atoms with E-state index in [0.717, 1.165) is 20.4 Å². The van der Waals surface area contributed by atoms with E-state index in [1.165, 1.54) is 17.5 Å². The Morgan fingerprint density at radius 1 is 1.26 bits per heavy atom. The molecule has 0 aliphatic carbocycles. The van der Waals surface area contributed by atoms with Crippen molar-refractivity contribution < 1.29 is 0 Å². The van der Waals surface area contributed by atoms with Gasteiger partial charge in [0.05, 0.1) is 5.39 Å². The van der Waals surface area contributed by atoms with E-state index in [9.17, 15) is 4.79 Å². The maximum Gasteiger partial charge on any atom is 0.208 e. The normalized spacial score (nSPS) is 10.5. The summed E-state index contributed by atoms with van der Waals surface area (Å²) in [5, 5.41) is 11.5. The van der Waals surface area contributed by atoms with Crippen molar-refractivity contribution in [1.29, 1.82) is 5.26 Å². The molecule has 0 amide bonds. The predicted octanol–water partition coefficient (Wildman–Crippen LogP) is 3.89. The molecule has 19 heavy (non-hydrogen) atoms. The summed E-state index contributed by atoms with van der Waals surface area (Å²) in [7, 11) is 0. The lowest BCUT2D eigenvalue weighted by atomic mass is 10.1. The summed E-state index contributed by atoms with van der Waals surface area (Å²) in [4.78, 5) is 16.0. The molecular weight excluding hydrogens is 324 g/mol. The lowest BCUT2D eigenvalue weighted by molar-refractivity contribution is 1.37. The number of nitriles is 1. The van der Waals surface area contributed by atoms with E-state index in [0.29, 0.717) is 5.39 Å². The second-order valence-corrected chi connectivity index (χ2v) is 5.80. The van der Waals surface area contributed by atoms with Gasteiger partial charge < -0.3 is 4.98 Å². The van der Waals surface area contributed by atoms with Gasteiger partial charge in [-0.3, -0.25) is 4.79 Å². The highest BCUT2D eigenvalue weighted by Gasteiger charge is 2.12. The van der Waals surface area contributed by atoms with E-state index in [-0.39, 0.29) is 11.0 Å². The third-order valence-electron chi connectivity index (χ3n) is 2.89. The average molecular weight is 331 g/mol. The van der Waals surface area contributed by atoms with Crippen LogP contribution < -0.4 is 5.43 Å². The van der Waals surface area contributed by atoms with E-state index in [2.05, 4.69) is 20.9 Å². The van der Waals surface area contributed by atoms with Gasteiger partial charge in [0, 0.05) is 21.6 Å². The molecule has 0 saturated heterocycles. The summed E-state index contributed by atoms with van der Waals surface area (Å²) in [6.45, 7) is 0. The maximum atomic E-state index is 12.2. The summed E-state index contributed by atoms with van der Waals surface area (Å²) >= 11 is 4.86. The number of nitrogens with zero attached hydrogens (tertiary/aromatic N) is 1. The molecule has 0 saturated carbocycles. The molecule has 0 spiro atoms. The Morgan fingerprint density at radius 3 is 2.68 bits per heavy atom. The molecule has 3 aromatic rings. The van der Waals surface area contributed by atoms with Crippen LogP contribution in [-0.2, 0) is 0 Å². The van der Waals surface area contributed by atoms with E-state index in [1.807, 2.05) is 35.7 Å². The van der Waals surface area contributed by atoms with Crippen LogP contribution in [-0.4, -0.2) is 4.98 Å². The van der Waals surface area contributed by atoms with Gasteiger partial charge in [0.2, 0.25) is 5.43 Å². The fraction of sp³-hybridized carbons (Fsp3) is 0. The van der Waals surface area contributed by atoms with Crippen LogP contribution in [0.4, 0.5) is 0 Å². The lowest BCUT2D eigenvalue weighted by Gasteiger charge is -2.00. The van der Waals surface area contributed by atoms with E-state index in [1.54, 1.807) is 0 Å². The van der Waals surface area contributed by atoms with Crippen molar-refractivity contribution in [3.8, 4) is 17.2 Å². The van der Waals surface area contributed by atoms with Crippen molar-refractivity contribution in [1.82, 2.24) is 4.98 Å². The summed E-state index contributed by atoms with van der Waals surface area (Å²) in [6, 6.07) is 9.68. The number of H-pyrrole nitrogens is 1. The van der Waals surface area contributed by atoms with Gasteiger partial charge in [0.1, 0.15) is 16.5 Å². The van der Waals surface area contributed by atoms with Gasteiger partial charge in [-0.15, -0.1) is 11.3 Å². The molecule has 0 bridgehead atoms. The van der Waals surface area contributed by atoms with Crippen LogP contribution in [0, 0.1) is 11.3 Å². The zero-order chi connectivity index (χ0) is 13.4. The number of aromatic amines is 1. The number of hydrogen-bond acceptors (Lipinski definition) is 3. The molecule has 2 aromatic heterocycles. The van der Waals surface area contributed by atoms with Crippen LogP contribution in [0.15, 0.2) is 45.1 Å². The van der Waals surface area contributed by atoms with Crippen LogP contribution in [0.3, 0.4) is 0 Å². The molecule has 0 unspecified atom stereocenters. The first-order valence-electron chi connectivity index (χ1n) is 5.49. The van der Waals surface area contributed by atoms with Gasteiger partial charge in [-0.25, -0.2) is 0 Å². The Bertz CT molecular complexity index is 856. The van der Waals surface area contributed by atoms with Gasteiger partial charge in [0.25, 0.3) is 0 Å². The molecule has 92 valence electrons. The Balaban J connectivity index is 2.34. The standard InChI is InChI=1S/C14H7BrN2OS/c15-10-3-1-8(2-4-10)11-7-19-14-12(11)13(18)9(5-16)6-17-14/h1-4,6-7H,(H,17,18). The van der Waals surface area contributed by atoms with Crippen molar-refractivity contribution in [2.45, 2.75) is 0 Å². The molecule has 0 atom stereocenters. The molecule has 0 radical (unpaired) electrons. The Morgan fingerprint density at radius 2 is 2.00 bits per heavy atom. The average Bonchev–Trinajstić information content (AvgIpc) is 2.85. The summed E-state index contributed by atoms with van der Waals surface area (Å²) in [5.74, 6) is 0. The zero-order valence-corrected chi connectivity index (χ0v) is 12.0. The molecule has 0 aliphatic heterocycles. The van der Waals surface area contributed by atoms with Crippen LogP contribution in [0.25, 0.3) is 21.3 Å². The molecule has 0 aliphatic rings. The fourth-order valence-electron chi connectivity index (χ4n) is 1.95. The zero-order valence-electron chi connectivity index (χ0n) is 9.61. The van der Waals surface area contributed by atoms with Crippen molar-refractivity contribution in [3.05, 3.63) is 56.1 Å². The molecule has 3 nitrogen and oxygen atoms in total. The monoisotopic (exact) mass is 330 g/mol.